The molecule has 0 spiro atoms. The van der Waals surface area contributed by atoms with Gasteiger partial charge in [0.1, 0.15) is 5.52 Å². The first-order valence-corrected chi connectivity index (χ1v) is 5.52. The maximum atomic E-state index is 11.3. The first-order chi connectivity index (χ1) is 7.22. The summed E-state index contributed by atoms with van der Waals surface area (Å²) in [4.78, 5) is 15.4. The fraction of sp³-hybridized carbons (Fsp3) is 0.200. The highest BCUT2D eigenvalue weighted by Crippen LogP contribution is 2.21. The van der Waals surface area contributed by atoms with Crippen LogP contribution >= 0.6 is 22.6 Å². The minimum absolute atomic E-state index is 0.0102. The summed E-state index contributed by atoms with van der Waals surface area (Å²) in [6, 6.07) is 5.53. The van der Waals surface area contributed by atoms with Gasteiger partial charge in [-0.2, -0.15) is 0 Å². The molecule has 4 nitrogen and oxygen atoms in total. The predicted molar refractivity (Wildman–Crippen MR) is 62.7 cm³/mol. The van der Waals surface area contributed by atoms with Gasteiger partial charge in [-0.3, -0.25) is 0 Å². The van der Waals surface area contributed by atoms with Crippen LogP contribution in [0.15, 0.2) is 22.6 Å². The molecular weight excluding hydrogens is 309 g/mol. The third-order valence-corrected chi connectivity index (χ3v) is 2.69. The van der Waals surface area contributed by atoms with E-state index in [0.29, 0.717) is 17.7 Å². The molecular formula is C10H8INO3. The molecule has 0 aliphatic carbocycles. The van der Waals surface area contributed by atoms with Crippen molar-refractivity contribution in [2.75, 3.05) is 6.61 Å². The second-order valence-corrected chi connectivity index (χ2v) is 3.99. The Morgan fingerprint density at radius 1 is 1.60 bits per heavy atom. The molecule has 1 aromatic carbocycles. The van der Waals surface area contributed by atoms with Gasteiger partial charge in [0.05, 0.1) is 6.61 Å². The first-order valence-electron chi connectivity index (χ1n) is 4.44. The molecule has 0 saturated heterocycles. The number of ether oxygens (including phenoxy) is 1. The third kappa shape index (κ3) is 1.97. The normalized spacial score (nSPS) is 10.5. The zero-order chi connectivity index (χ0) is 10.8. The largest absolute Gasteiger partial charge is 0.459 e. The zero-order valence-electron chi connectivity index (χ0n) is 7.99. The molecule has 0 atom stereocenters. The number of hydrogen-bond donors (Lipinski definition) is 0. The van der Waals surface area contributed by atoms with Crippen molar-refractivity contribution in [2.24, 2.45) is 0 Å². The van der Waals surface area contributed by atoms with E-state index in [1.807, 2.05) is 12.1 Å². The van der Waals surface area contributed by atoms with Crippen LogP contribution in [0.25, 0.3) is 11.1 Å². The monoisotopic (exact) mass is 317 g/mol. The zero-order valence-corrected chi connectivity index (χ0v) is 10.1. The summed E-state index contributed by atoms with van der Waals surface area (Å²) < 4.78 is 11.0. The first kappa shape index (κ1) is 10.4. The summed E-state index contributed by atoms with van der Waals surface area (Å²) in [6.07, 6.45) is 0. The lowest BCUT2D eigenvalue weighted by Crippen LogP contribution is -2.04. The molecule has 0 unspecified atom stereocenters. The van der Waals surface area contributed by atoms with E-state index in [9.17, 15) is 4.79 Å². The van der Waals surface area contributed by atoms with Gasteiger partial charge in [0.2, 0.25) is 0 Å². The number of carbonyl (C=O) groups is 1. The number of nitrogens with zero attached hydrogens (tertiary/aromatic N) is 1. The lowest BCUT2D eigenvalue weighted by Gasteiger charge is -1.94. The number of hydrogen-bond acceptors (Lipinski definition) is 4. The second kappa shape index (κ2) is 4.18. The van der Waals surface area contributed by atoms with Gasteiger partial charge >= 0.3 is 11.9 Å². The minimum Gasteiger partial charge on any atom is -0.459 e. The molecule has 5 heteroatoms. The van der Waals surface area contributed by atoms with Crippen molar-refractivity contribution in [1.29, 1.82) is 0 Å². The second-order valence-electron chi connectivity index (χ2n) is 2.83. The van der Waals surface area contributed by atoms with Crippen molar-refractivity contribution >= 4 is 39.7 Å². The van der Waals surface area contributed by atoms with Crippen molar-refractivity contribution in [3.63, 3.8) is 0 Å². The molecule has 0 fully saturated rings. The molecule has 0 bridgehead atoms. The van der Waals surface area contributed by atoms with Crippen LogP contribution in [0, 0.1) is 3.57 Å². The number of halogens is 1. The van der Waals surface area contributed by atoms with E-state index in [4.69, 9.17) is 9.15 Å². The highest BCUT2D eigenvalue weighted by molar-refractivity contribution is 14.1. The number of benzene rings is 1. The van der Waals surface area contributed by atoms with Crippen LogP contribution in [0.1, 0.15) is 17.6 Å². The Labute approximate surface area is 99.8 Å². The minimum atomic E-state index is -0.524. The Hall–Kier alpha value is -1.11. The van der Waals surface area contributed by atoms with Crippen LogP contribution < -0.4 is 0 Å². The quantitative estimate of drug-likeness (QED) is 0.631. The molecule has 1 heterocycles. The highest BCUT2D eigenvalue weighted by Gasteiger charge is 2.16. The van der Waals surface area contributed by atoms with Gasteiger partial charge in [-0.25, -0.2) is 9.78 Å². The van der Waals surface area contributed by atoms with Crippen molar-refractivity contribution in [1.82, 2.24) is 4.98 Å². The maximum absolute atomic E-state index is 11.3. The number of oxazole rings is 1. The van der Waals surface area contributed by atoms with Gasteiger partial charge in [0.25, 0.3) is 0 Å². The van der Waals surface area contributed by atoms with E-state index in [1.54, 1.807) is 13.0 Å². The summed E-state index contributed by atoms with van der Waals surface area (Å²) in [5.41, 5.74) is 1.30. The molecule has 78 valence electrons. The van der Waals surface area contributed by atoms with Crippen molar-refractivity contribution in [2.45, 2.75) is 6.92 Å². The molecule has 0 N–H and O–H groups in total. The van der Waals surface area contributed by atoms with Crippen molar-refractivity contribution in [3.8, 4) is 0 Å². The molecule has 0 saturated carbocycles. The van der Waals surface area contributed by atoms with Crippen LogP contribution in [0.5, 0.6) is 0 Å². The number of carbonyl (C=O) groups excluding carboxylic acids is 1. The Bertz CT molecular complexity index is 506. The number of esters is 1. The van der Waals surface area contributed by atoms with Crippen LogP contribution in [0.4, 0.5) is 0 Å². The van der Waals surface area contributed by atoms with E-state index < -0.39 is 5.97 Å². The summed E-state index contributed by atoms with van der Waals surface area (Å²) in [5, 5.41) is 0. The van der Waals surface area contributed by atoms with E-state index in [2.05, 4.69) is 27.6 Å². The molecule has 0 aliphatic heterocycles. The fourth-order valence-electron chi connectivity index (χ4n) is 1.20. The Morgan fingerprint density at radius 2 is 2.40 bits per heavy atom. The van der Waals surface area contributed by atoms with Crippen LogP contribution in [0.3, 0.4) is 0 Å². The van der Waals surface area contributed by atoms with Crippen molar-refractivity contribution in [3.05, 3.63) is 27.7 Å². The smallest absolute Gasteiger partial charge is 0.394 e. The Balaban J connectivity index is 2.47. The number of rotatable bonds is 2. The molecule has 0 aliphatic rings. The molecule has 2 aromatic rings. The van der Waals surface area contributed by atoms with Gasteiger partial charge in [-0.1, -0.05) is 6.07 Å². The standard InChI is InChI=1S/C10H8INO3/c1-2-14-10(13)9-12-8-6(11)4-3-5-7(8)15-9/h3-5H,2H2,1H3. The van der Waals surface area contributed by atoms with Crippen molar-refractivity contribution < 1.29 is 13.9 Å². The lowest BCUT2D eigenvalue weighted by atomic mass is 10.3. The van der Waals surface area contributed by atoms with Gasteiger partial charge < -0.3 is 9.15 Å². The third-order valence-electron chi connectivity index (χ3n) is 1.82. The van der Waals surface area contributed by atoms with Crippen LogP contribution in [-0.2, 0) is 4.74 Å². The fourth-order valence-corrected chi connectivity index (χ4v) is 1.79. The van der Waals surface area contributed by atoms with Gasteiger partial charge in [-0.15, -0.1) is 0 Å². The number of aromatic nitrogens is 1. The lowest BCUT2D eigenvalue weighted by molar-refractivity contribution is 0.0483. The molecule has 0 amide bonds. The predicted octanol–water partition coefficient (Wildman–Crippen LogP) is 2.61. The molecule has 1 aromatic heterocycles. The van der Waals surface area contributed by atoms with E-state index >= 15 is 0 Å². The summed E-state index contributed by atoms with van der Waals surface area (Å²) in [7, 11) is 0. The molecule has 2 rings (SSSR count). The Morgan fingerprint density at radius 3 is 3.07 bits per heavy atom. The Kier molecular flexibility index (Phi) is 2.90. The maximum Gasteiger partial charge on any atom is 0.394 e. The summed E-state index contributed by atoms with van der Waals surface area (Å²) >= 11 is 2.14. The van der Waals surface area contributed by atoms with E-state index in [1.165, 1.54) is 0 Å². The van der Waals surface area contributed by atoms with Gasteiger partial charge in [0, 0.05) is 3.57 Å². The summed E-state index contributed by atoms with van der Waals surface area (Å²) in [5.74, 6) is -0.513. The van der Waals surface area contributed by atoms with E-state index in [-0.39, 0.29) is 5.89 Å². The molecule has 0 radical (unpaired) electrons. The average Bonchev–Trinajstić information content (AvgIpc) is 2.63. The number of fused-ring (bicyclic) bond motifs is 1. The van der Waals surface area contributed by atoms with E-state index in [0.717, 1.165) is 3.57 Å². The average molecular weight is 317 g/mol. The van der Waals surface area contributed by atoms with Gasteiger partial charge in [-0.05, 0) is 41.6 Å². The highest BCUT2D eigenvalue weighted by atomic mass is 127. The molecule has 15 heavy (non-hydrogen) atoms. The number of para-hydroxylation sites is 1. The van der Waals surface area contributed by atoms with Gasteiger partial charge in [0.15, 0.2) is 5.58 Å². The van der Waals surface area contributed by atoms with Crippen LogP contribution in [-0.4, -0.2) is 17.6 Å². The SMILES string of the molecule is CCOC(=O)c1nc2c(I)cccc2o1. The summed E-state index contributed by atoms with van der Waals surface area (Å²) in [6.45, 7) is 2.05. The topological polar surface area (TPSA) is 52.3 Å². The van der Waals surface area contributed by atoms with Crippen LogP contribution in [0.2, 0.25) is 0 Å².